The molecule has 88 valence electrons. The standard InChI is InChI=1S/C15H22O/c1-10-4-7-13(8-5-10)14-9-6-11(2)15(16)12(14)3/h4-5,7-8,11-12,14-16H,6,9H2,1-3H3. The lowest BCUT2D eigenvalue weighted by molar-refractivity contribution is 0.0210. The van der Waals surface area contributed by atoms with Crippen LogP contribution in [0.25, 0.3) is 0 Å². The van der Waals surface area contributed by atoms with Gasteiger partial charge in [0, 0.05) is 0 Å². The van der Waals surface area contributed by atoms with Crippen molar-refractivity contribution < 1.29 is 5.11 Å². The number of aliphatic hydroxyl groups excluding tert-OH is 1. The Kier molecular flexibility index (Phi) is 3.34. The van der Waals surface area contributed by atoms with Crippen LogP contribution in [0.1, 0.15) is 43.7 Å². The van der Waals surface area contributed by atoms with Crippen LogP contribution >= 0.6 is 0 Å². The Labute approximate surface area is 98.5 Å². The number of hydrogen-bond acceptors (Lipinski definition) is 1. The topological polar surface area (TPSA) is 20.2 Å². The Balaban J connectivity index is 2.18. The smallest absolute Gasteiger partial charge is 0.0597 e. The average molecular weight is 218 g/mol. The van der Waals surface area contributed by atoms with Crippen LogP contribution in [0.15, 0.2) is 24.3 Å². The molecule has 0 radical (unpaired) electrons. The Morgan fingerprint density at radius 3 is 2.31 bits per heavy atom. The van der Waals surface area contributed by atoms with Gasteiger partial charge in [-0.05, 0) is 43.1 Å². The van der Waals surface area contributed by atoms with E-state index in [-0.39, 0.29) is 6.10 Å². The molecule has 0 saturated heterocycles. The molecule has 1 nitrogen and oxygen atoms in total. The molecule has 0 heterocycles. The molecule has 0 spiro atoms. The van der Waals surface area contributed by atoms with Gasteiger partial charge in [0.2, 0.25) is 0 Å². The van der Waals surface area contributed by atoms with Crippen LogP contribution < -0.4 is 0 Å². The van der Waals surface area contributed by atoms with Crippen LogP contribution in [0.4, 0.5) is 0 Å². The molecule has 0 bridgehead atoms. The van der Waals surface area contributed by atoms with E-state index >= 15 is 0 Å². The zero-order valence-corrected chi connectivity index (χ0v) is 10.5. The maximum Gasteiger partial charge on any atom is 0.0597 e. The van der Waals surface area contributed by atoms with Crippen LogP contribution in [0.5, 0.6) is 0 Å². The Hall–Kier alpha value is -0.820. The van der Waals surface area contributed by atoms with Crippen LogP contribution in [-0.4, -0.2) is 11.2 Å². The molecule has 1 aliphatic rings. The second-order valence-corrected chi connectivity index (χ2v) is 5.42. The maximum atomic E-state index is 10.1. The first-order valence-corrected chi connectivity index (χ1v) is 6.34. The number of aliphatic hydroxyl groups is 1. The molecule has 1 N–H and O–H groups in total. The molecule has 1 aliphatic carbocycles. The summed E-state index contributed by atoms with van der Waals surface area (Å²) in [4.78, 5) is 0. The zero-order chi connectivity index (χ0) is 11.7. The van der Waals surface area contributed by atoms with E-state index in [1.807, 2.05) is 0 Å². The van der Waals surface area contributed by atoms with Crippen molar-refractivity contribution in [3.8, 4) is 0 Å². The second kappa shape index (κ2) is 4.58. The first-order chi connectivity index (χ1) is 7.59. The minimum absolute atomic E-state index is 0.139. The summed E-state index contributed by atoms with van der Waals surface area (Å²) in [5, 5.41) is 10.1. The van der Waals surface area contributed by atoms with Crippen LogP contribution in [0.3, 0.4) is 0 Å². The van der Waals surface area contributed by atoms with E-state index in [1.54, 1.807) is 0 Å². The van der Waals surface area contributed by atoms with E-state index in [2.05, 4.69) is 45.0 Å². The Bertz CT molecular complexity index is 341. The Morgan fingerprint density at radius 2 is 1.69 bits per heavy atom. The molecule has 1 aromatic rings. The maximum absolute atomic E-state index is 10.1. The minimum atomic E-state index is -0.139. The molecule has 2 rings (SSSR count). The van der Waals surface area contributed by atoms with Gasteiger partial charge in [-0.1, -0.05) is 43.7 Å². The van der Waals surface area contributed by atoms with Crippen molar-refractivity contribution in [2.45, 2.75) is 45.6 Å². The van der Waals surface area contributed by atoms with Crippen molar-refractivity contribution in [2.24, 2.45) is 11.8 Å². The first-order valence-electron chi connectivity index (χ1n) is 6.34. The van der Waals surface area contributed by atoms with Gasteiger partial charge in [0.25, 0.3) is 0 Å². The van der Waals surface area contributed by atoms with E-state index in [1.165, 1.54) is 17.5 Å². The van der Waals surface area contributed by atoms with Crippen molar-refractivity contribution in [1.29, 1.82) is 0 Å². The van der Waals surface area contributed by atoms with Gasteiger partial charge in [-0.2, -0.15) is 0 Å². The highest BCUT2D eigenvalue weighted by molar-refractivity contribution is 5.25. The molecule has 4 unspecified atom stereocenters. The van der Waals surface area contributed by atoms with Crippen molar-refractivity contribution in [3.05, 3.63) is 35.4 Å². The molecule has 1 heteroatoms. The summed E-state index contributed by atoms with van der Waals surface area (Å²) < 4.78 is 0. The average Bonchev–Trinajstić information content (AvgIpc) is 2.28. The highest BCUT2D eigenvalue weighted by atomic mass is 16.3. The highest BCUT2D eigenvalue weighted by Crippen LogP contribution is 2.40. The third-order valence-electron chi connectivity index (χ3n) is 4.19. The van der Waals surface area contributed by atoms with Crippen LogP contribution in [0, 0.1) is 18.8 Å². The fraction of sp³-hybridized carbons (Fsp3) is 0.600. The van der Waals surface area contributed by atoms with Gasteiger partial charge in [0.1, 0.15) is 0 Å². The predicted molar refractivity (Wildman–Crippen MR) is 67.5 cm³/mol. The number of aryl methyl sites for hydroxylation is 1. The van der Waals surface area contributed by atoms with Crippen molar-refractivity contribution in [3.63, 3.8) is 0 Å². The van der Waals surface area contributed by atoms with Gasteiger partial charge in [-0.3, -0.25) is 0 Å². The zero-order valence-electron chi connectivity index (χ0n) is 10.5. The molecule has 1 saturated carbocycles. The van der Waals surface area contributed by atoms with Gasteiger partial charge in [0.05, 0.1) is 6.10 Å². The van der Waals surface area contributed by atoms with Crippen molar-refractivity contribution in [1.82, 2.24) is 0 Å². The molecular weight excluding hydrogens is 196 g/mol. The van der Waals surface area contributed by atoms with Crippen LogP contribution in [-0.2, 0) is 0 Å². The molecule has 1 fully saturated rings. The Morgan fingerprint density at radius 1 is 1.06 bits per heavy atom. The summed E-state index contributed by atoms with van der Waals surface area (Å²) in [6.45, 7) is 6.46. The summed E-state index contributed by atoms with van der Waals surface area (Å²) in [6.07, 6.45) is 2.21. The van der Waals surface area contributed by atoms with E-state index in [0.29, 0.717) is 17.8 Å². The normalized spacial score (nSPS) is 35.0. The third kappa shape index (κ3) is 2.15. The summed E-state index contributed by atoms with van der Waals surface area (Å²) in [7, 11) is 0. The van der Waals surface area contributed by atoms with E-state index in [0.717, 1.165) is 6.42 Å². The van der Waals surface area contributed by atoms with Gasteiger partial charge in [0.15, 0.2) is 0 Å². The summed E-state index contributed by atoms with van der Waals surface area (Å²) in [5.74, 6) is 1.37. The number of hydrogen-bond donors (Lipinski definition) is 1. The minimum Gasteiger partial charge on any atom is -0.393 e. The monoisotopic (exact) mass is 218 g/mol. The summed E-state index contributed by atoms with van der Waals surface area (Å²) in [5.41, 5.74) is 2.70. The highest BCUT2D eigenvalue weighted by Gasteiger charge is 2.33. The van der Waals surface area contributed by atoms with Gasteiger partial charge in [-0.15, -0.1) is 0 Å². The van der Waals surface area contributed by atoms with Gasteiger partial charge in [-0.25, -0.2) is 0 Å². The third-order valence-corrected chi connectivity index (χ3v) is 4.19. The quantitative estimate of drug-likeness (QED) is 0.765. The molecule has 16 heavy (non-hydrogen) atoms. The van der Waals surface area contributed by atoms with Crippen LogP contribution in [0.2, 0.25) is 0 Å². The largest absolute Gasteiger partial charge is 0.393 e. The molecule has 1 aromatic carbocycles. The van der Waals surface area contributed by atoms with E-state index in [9.17, 15) is 5.11 Å². The molecule has 4 atom stereocenters. The SMILES string of the molecule is Cc1ccc(C2CCC(C)C(O)C2C)cc1. The fourth-order valence-electron chi connectivity index (χ4n) is 2.92. The lowest BCUT2D eigenvalue weighted by atomic mass is 9.71. The summed E-state index contributed by atoms with van der Waals surface area (Å²) in [6, 6.07) is 8.79. The van der Waals surface area contributed by atoms with Crippen molar-refractivity contribution in [2.75, 3.05) is 0 Å². The van der Waals surface area contributed by atoms with Crippen molar-refractivity contribution >= 4 is 0 Å². The van der Waals surface area contributed by atoms with Gasteiger partial charge >= 0.3 is 0 Å². The number of benzene rings is 1. The molecule has 0 aromatic heterocycles. The predicted octanol–water partition coefficient (Wildman–Crippen LogP) is 3.51. The fourth-order valence-corrected chi connectivity index (χ4v) is 2.92. The molecular formula is C15H22O. The molecule has 0 amide bonds. The first kappa shape index (κ1) is 11.7. The summed E-state index contributed by atoms with van der Waals surface area (Å²) >= 11 is 0. The molecule has 0 aliphatic heterocycles. The second-order valence-electron chi connectivity index (χ2n) is 5.42. The van der Waals surface area contributed by atoms with Gasteiger partial charge < -0.3 is 5.11 Å². The number of rotatable bonds is 1. The lowest BCUT2D eigenvalue weighted by Gasteiger charge is -2.37. The van der Waals surface area contributed by atoms with E-state index in [4.69, 9.17) is 0 Å². The lowest BCUT2D eigenvalue weighted by Crippen LogP contribution is -2.34. The van der Waals surface area contributed by atoms with E-state index < -0.39 is 0 Å².